The molecular formula is C25H21F3N4O3. The lowest BCUT2D eigenvalue weighted by Crippen LogP contribution is -2.48. The third-order valence-electron chi connectivity index (χ3n) is 6.05. The molecule has 1 aliphatic rings. The number of benzene rings is 2. The van der Waals surface area contributed by atoms with Gasteiger partial charge in [0.25, 0.3) is 11.5 Å². The van der Waals surface area contributed by atoms with Crippen LogP contribution < -0.4 is 5.56 Å². The van der Waals surface area contributed by atoms with Crippen LogP contribution in [-0.2, 0) is 12.7 Å². The second-order valence-corrected chi connectivity index (χ2v) is 8.25. The van der Waals surface area contributed by atoms with Crippen LogP contribution in [-0.4, -0.2) is 51.4 Å². The number of carbonyl (C=O) groups excluding carboxylic acids is 1. The van der Waals surface area contributed by atoms with Crippen LogP contribution in [0.15, 0.2) is 76.1 Å². The molecule has 0 atom stereocenters. The van der Waals surface area contributed by atoms with Crippen molar-refractivity contribution >= 4 is 16.8 Å². The molecular weight excluding hydrogens is 461 g/mol. The summed E-state index contributed by atoms with van der Waals surface area (Å²) in [5.74, 6) is 0.248. The van der Waals surface area contributed by atoms with Crippen LogP contribution in [0.25, 0.3) is 16.6 Å². The molecule has 7 nitrogen and oxygen atoms in total. The fourth-order valence-electron chi connectivity index (χ4n) is 4.31. The molecule has 0 saturated carbocycles. The SMILES string of the molecule is O=C(c1ccco1)N1CCN(Cc2nc3ccccc3c(=O)n2-c2ccccc2C(F)(F)F)CC1. The summed E-state index contributed by atoms with van der Waals surface area (Å²) in [7, 11) is 0. The lowest BCUT2D eigenvalue weighted by molar-refractivity contribution is -0.137. The monoisotopic (exact) mass is 482 g/mol. The van der Waals surface area contributed by atoms with E-state index in [1.807, 2.05) is 4.90 Å². The minimum Gasteiger partial charge on any atom is -0.459 e. The summed E-state index contributed by atoms with van der Waals surface area (Å²) in [6, 6.07) is 14.9. The molecule has 180 valence electrons. The van der Waals surface area contributed by atoms with Crippen molar-refractivity contribution in [1.82, 2.24) is 19.4 Å². The van der Waals surface area contributed by atoms with Crippen molar-refractivity contribution in [3.63, 3.8) is 0 Å². The maximum Gasteiger partial charge on any atom is 0.418 e. The zero-order chi connectivity index (χ0) is 24.6. The van der Waals surface area contributed by atoms with Gasteiger partial charge in [0.2, 0.25) is 0 Å². The van der Waals surface area contributed by atoms with Gasteiger partial charge in [-0.2, -0.15) is 13.2 Å². The van der Waals surface area contributed by atoms with Crippen LogP contribution >= 0.6 is 0 Å². The van der Waals surface area contributed by atoms with Gasteiger partial charge in [0.05, 0.1) is 35.0 Å². The topological polar surface area (TPSA) is 71.6 Å². The highest BCUT2D eigenvalue weighted by Gasteiger charge is 2.35. The second-order valence-electron chi connectivity index (χ2n) is 8.25. The Labute approximate surface area is 198 Å². The molecule has 5 rings (SSSR count). The molecule has 10 heteroatoms. The van der Waals surface area contributed by atoms with E-state index in [0.717, 1.165) is 10.6 Å². The highest BCUT2D eigenvalue weighted by atomic mass is 19.4. The number of hydrogen-bond donors (Lipinski definition) is 0. The number of para-hydroxylation sites is 2. The van der Waals surface area contributed by atoms with Gasteiger partial charge in [0.15, 0.2) is 5.76 Å². The van der Waals surface area contributed by atoms with E-state index in [2.05, 4.69) is 4.98 Å². The molecule has 0 radical (unpaired) electrons. The highest BCUT2D eigenvalue weighted by molar-refractivity contribution is 5.91. The second kappa shape index (κ2) is 9.03. The van der Waals surface area contributed by atoms with Crippen LogP contribution in [0.2, 0.25) is 0 Å². The fraction of sp³-hybridized carbons (Fsp3) is 0.240. The maximum atomic E-state index is 13.8. The Morgan fingerprint density at radius 2 is 1.66 bits per heavy atom. The third-order valence-corrected chi connectivity index (χ3v) is 6.05. The Balaban J connectivity index is 1.49. The first-order valence-electron chi connectivity index (χ1n) is 11.1. The summed E-state index contributed by atoms with van der Waals surface area (Å²) in [6.45, 7) is 1.91. The smallest absolute Gasteiger partial charge is 0.418 e. The van der Waals surface area contributed by atoms with Gasteiger partial charge >= 0.3 is 6.18 Å². The van der Waals surface area contributed by atoms with Gasteiger partial charge in [-0.05, 0) is 36.4 Å². The Hall–Kier alpha value is -3.92. The van der Waals surface area contributed by atoms with Gasteiger partial charge in [-0.1, -0.05) is 24.3 Å². The van der Waals surface area contributed by atoms with Crippen molar-refractivity contribution in [1.29, 1.82) is 0 Å². The van der Waals surface area contributed by atoms with E-state index in [4.69, 9.17) is 4.42 Å². The largest absolute Gasteiger partial charge is 0.459 e. The average molecular weight is 482 g/mol. The number of hydrogen-bond acceptors (Lipinski definition) is 5. The molecule has 1 saturated heterocycles. The van der Waals surface area contributed by atoms with Crippen molar-refractivity contribution < 1.29 is 22.4 Å². The molecule has 0 spiro atoms. The normalized spacial score (nSPS) is 15.0. The summed E-state index contributed by atoms with van der Waals surface area (Å²) in [4.78, 5) is 34.2. The lowest BCUT2D eigenvalue weighted by Gasteiger charge is -2.34. The van der Waals surface area contributed by atoms with Gasteiger partial charge in [-0.25, -0.2) is 4.98 Å². The van der Waals surface area contributed by atoms with E-state index in [1.54, 1.807) is 41.3 Å². The van der Waals surface area contributed by atoms with E-state index < -0.39 is 17.3 Å². The predicted octanol–water partition coefficient (Wildman–Crippen LogP) is 3.96. The Morgan fingerprint density at radius 3 is 2.37 bits per heavy atom. The molecule has 0 aliphatic carbocycles. The first kappa shape index (κ1) is 22.9. The van der Waals surface area contributed by atoms with Gasteiger partial charge < -0.3 is 9.32 Å². The van der Waals surface area contributed by atoms with E-state index in [-0.39, 0.29) is 35.1 Å². The minimum atomic E-state index is -4.64. The number of carbonyl (C=O) groups is 1. The van der Waals surface area contributed by atoms with Crippen molar-refractivity contribution in [2.75, 3.05) is 26.2 Å². The molecule has 35 heavy (non-hydrogen) atoms. The van der Waals surface area contributed by atoms with E-state index in [0.29, 0.717) is 31.7 Å². The molecule has 2 aromatic carbocycles. The Kier molecular flexibility index (Phi) is 5.89. The molecule has 1 aliphatic heterocycles. The van der Waals surface area contributed by atoms with E-state index in [9.17, 15) is 22.8 Å². The zero-order valence-corrected chi connectivity index (χ0v) is 18.5. The van der Waals surface area contributed by atoms with E-state index in [1.165, 1.54) is 24.5 Å². The molecule has 2 aromatic heterocycles. The van der Waals surface area contributed by atoms with E-state index >= 15 is 0 Å². The number of fused-ring (bicyclic) bond motifs is 1. The van der Waals surface area contributed by atoms with Crippen LogP contribution in [0.1, 0.15) is 21.9 Å². The minimum absolute atomic E-state index is 0.148. The van der Waals surface area contributed by atoms with Crippen LogP contribution in [0.5, 0.6) is 0 Å². The Bertz CT molecular complexity index is 1420. The van der Waals surface area contributed by atoms with Gasteiger partial charge in [0.1, 0.15) is 5.82 Å². The third kappa shape index (κ3) is 4.44. The molecule has 0 unspecified atom stereocenters. The van der Waals surface area contributed by atoms with Gasteiger partial charge in [-0.15, -0.1) is 0 Å². The van der Waals surface area contributed by atoms with Gasteiger partial charge in [-0.3, -0.25) is 19.1 Å². The number of amides is 1. The molecule has 4 aromatic rings. The number of piperazine rings is 1. The summed E-state index contributed by atoms with van der Waals surface area (Å²) in [5, 5.41) is 0.238. The highest BCUT2D eigenvalue weighted by Crippen LogP contribution is 2.34. The average Bonchev–Trinajstić information content (AvgIpc) is 3.39. The summed E-state index contributed by atoms with van der Waals surface area (Å²) < 4.78 is 47.7. The maximum absolute atomic E-state index is 13.8. The molecule has 1 amide bonds. The summed E-state index contributed by atoms with van der Waals surface area (Å²) >= 11 is 0. The number of rotatable bonds is 4. The van der Waals surface area contributed by atoms with Crippen molar-refractivity contribution in [2.45, 2.75) is 12.7 Å². The molecule has 3 heterocycles. The lowest BCUT2D eigenvalue weighted by atomic mass is 10.1. The first-order valence-corrected chi connectivity index (χ1v) is 11.1. The molecule has 0 N–H and O–H groups in total. The van der Waals surface area contributed by atoms with Crippen LogP contribution in [0.4, 0.5) is 13.2 Å². The number of halogens is 3. The van der Waals surface area contributed by atoms with Crippen molar-refractivity contribution in [3.05, 3.63) is 94.4 Å². The number of nitrogens with zero attached hydrogens (tertiary/aromatic N) is 4. The quantitative estimate of drug-likeness (QED) is 0.441. The standard InChI is InChI=1S/C25H21F3N4O3/c26-25(27,28)18-7-2-4-9-20(18)32-22(29-19-8-3-1-6-17(19)23(32)33)16-30-11-13-31(14-12-30)24(34)21-10-5-15-35-21/h1-10,15H,11-14,16H2. The van der Waals surface area contributed by atoms with Crippen molar-refractivity contribution in [3.8, 4) is 5.69 Å². The van der Waals surface area contributed by atoms with Crippen LogP contribution in [0.3, 0.4) is 0 Å². The molecule has 1 fully saturated rings. The summed E-state index contributed by atoms with van der Waals surface area (Å²) in [6.07, 6.45) is -3.20. The summed E-state index contributed by atoms with van der Waals surface area (Å²) in [5.41, 5.74) is -1.31. The molecule has 0 bridgehead atoms. The van der Waals surface area contributed by atoms with Crippen molar-refractivity contribution in [2.24, 2.45) is 0 Å². The number of alkyl halides is 3. The first-order chi connectivity index (χ1) is 16.8. The van der Waals surface area contributed by atoms with Gasteiger partial charge in [0, 0.05) is 26.2 Å². The zero-order valence-electron chi connectivity index (χ0n) is 18.5. The predicted molar refractivity (Wildman–Crippen MR) is 122 cm³/mol. The number of aromatic nitrogens is 2. The van der Waals surface area contributed by atoms with Crippen LogP contribution in [0, 0.1) is 0 Å². The Morgan fingerprint density at radius 1 is 0.943 bits per heavy atom. The fourth-order valence-corrected chi connectivity index (χ4v) is 4.31. The number of furan rings is 1.